The van der Waals surface area contributed by atoms with Crippen molar-refractivity contribution in [3.63, 3.8) is 0 Å². The van der Waals surface area contributed by atoms with Crippen LogP contribution in [0.15, 0.2) is 24.7 Å². The zero-order valence-corrected chi connectivity index (χ0v) is 11.4. The SMILES string of the molecule is CCCn1ncc(OC)c1C(=O)c1cncc(C)c1. The van der Waals surface area contributed by atoms with Crippen molar-refractivity contribution >= 4 is 5.78 Å². The molecule has 0 unspecified atom stereocenters. The van der Waals surface area contributed by atoms with Crippen molar-refractivity contribution in [3.05, 3.63) is 41.5 Å². The van der Waals surface area contributed by atoms with Crippen molar-refractivity contribution in [1.29, 1.82) is 0 Å². The Morgan fingerprint density at radius 2 is 2.16 bits per heavy atom. The van der Waals surface area contributed by atoms with Gasteiger partial charge >= 0.3 is 0 Å². The smallest absolute Gasteiger partial charge is 0.216 e. The first-order valence-corrected chi connectivity index (χ1v) is 6.23. The maximum Gasteiger partial charge on any atom is 0.216 e. The molecule has 19 heavy (non-hydrogen) atoms. The van der Waals surface area contributed by atoms with Crippen molar-refractivity contribution in [3.8, 4) is 5.75 Å². The van der Waals surface area contributed by atoms with Gasteiger partial charge < -0.3 is 4.74 Å². The molecule has 2 aromatic rings. The molecule has 0 aliphatic rings. The van der Waals surface area contributed by atoms with Crippen LogP contribution in [-0.2, 0) is 6.54 Å². The van der Waals surface area contributed by atoms with E-state index in [4.69, 9.17) is 4.74 Å². The Morgan fingerprint density at radius 3 is 2.79 bits per heavy atom. The number of methoxy groups -OCH3 is 1. The lowest BCUT2D eigenvalue weighted by molar-refractivity contribution is 0.102. The molecule has 0 N–H and O–H groups in total. The standard InChI is InChI=1S/C14H17N3O2/c1-4-5-17-13(12(19-3)9-16-17)14(18)11-6-10(2)7-15-8-11/h6-9H,4-5H2,1-3H3. The molecule has 0 saturated heterocycles. The third-order valence-corrected chi connectivity index (χ3v) is 2.81. The van der Waals surface area contributed by atoms with Crippen LogP contribution in [0.3, 0.4) is 0 Å². The highest BCUT2D eigenvalue weighted by molar-refractivity contribution is 6.09. The van der Waals surface area contributed by atoms with Crippen molar-refractivity contribution in [2.24, 2.45) is 0 Å². The molecule has 0 aliphatic heterocycles. The van der Waals surface area contributed by atoms with Crippen LogP contribution in [0.25, 0.3) is 0 Å². The lowest BCUT2D eigenvalue weighted by atomic mass is 10.1. The topological polar surface area (TPSA) is 57.0 Å². The van der Waals surface area contributed by atoms with Gasteiger partial charge in [-0.15, -0.1) is 0 Å². The second-order valence-corrected chi connectivity index (χ2v) is 4.36. The fourth-order valence-corrected chi connectivity index (χ4v) is 1.94. The van der Waals surface area contributed by atoms with E-state index < -0.39 is 0 Å². The Balaban J connectivity index is 2.45. The Kier molecular flexibility index (Phi) is 3.94. The van der Waals surface area contributed by atoms with E-state index in [1.807, 2.05) is 19.9 Å². The minimum absolute atomic E-state index is 0.112. The Labute approximate surface area is 112 Å². The predicted octanol–water partition coefficient (Wildman–Crippen LogP) is 2.24. The molecule has 0 fully saturated rings. The van der Waals surface area contributed by atoms with Crippen LogP contribution in [0.4, 0.5) is 0 Å². The fraction of sp³-hybridized carbons (Fsp3) is 0.357. The number of hydrogen-bond donors (Lipinski definition) is 0. The van der Waals surface area contributed by atoms with E-state index in [0.29, 0.717) is 23.6 Å². The molecular weight excluding hydrogens is 242 g/mol. The van der Waals surface area contributed by atoms with Crippen LogP contribution >= 0.6 is 0 Å². The summed E-state index contributed by atoms with van der Waals surface area (Å²) in [6.45, 7) is 4.63. The lowest BCUT2D eigenvalue weighted by Crippen LogP contribution is -2.13. The van der Waals surface area contributed by atoms with Gasteiger partial charge in [0.05, 0.1) is 13.3 Å². The molecule has 2 aromatic heterocycles. The molecule has 2 rings (SSSR count). The molecule has 2 heterocycles. The maximum absolute atomic E-state index is 12.6. The Hall–Kier alpha value is -2.17. The molecule has 100 valence electrons. The van der Waals surface area contributed by atoms with Crippen molar-refractivity contribution in [1.82, 2.24) is 14.8 Å². The first-order chi connectivity index (χ1) is 9.17. The molecule has 5 nitrogen and oxygen atoms in total. The van der Waals surface area contributed by atoms with E-state index in [0.717, 1.165) is 12.0 Å². The summed E-state index contributed by atoms with van der Waals surface area (Å²) in [5.74, 6) is 0.388. The minimum atomic E-state index is -0.112. The van der Waals surface area contributed by atoms with Crippen LogP contribution in [0, 0.1) is 6.92 Å². The van der Waals surface area contributed by atoms with Gasteiger partial charge in [0.2, 0.25) is 5.78 Å². The lowest BCUT2D eigenvalue weighted by Gasteiger charge is -2.07. The van der Waals surface area contributed by atoms with Crippen LogP contribution in [0.2, 0.25) is 0 Å². The molecule has 0 aliphatic carbocycles. The van der Waals surface area contributed by atoms with E-state index in [1.165, 1.54) is 0 Å². The number of carbonyl (C=O) groups is 1. The number of aromatic nitrogens is 3. The summed E-state index contributed by atoms with van der Waals surface area (Å²) < 4.78 is 6.90. The molecule has 0 spiro atoms. The molecular formula is C14H17N3O2. The summed E-state index contributed by atoms with van der Waals surface area (Å²) >= 11 is 0. The monoisotopic (exact) mass is 259 g/mol. The highest BCUT2D eigenvalue weighted by Crippen LogP contribution is 2.21. The summed E-state index contributed by atoms with van der Waals surface area (Å²) in [4.78, 5) is 16.6. The quantitative estimate of drug-likeness (QED) is 0.773. The van der Waals surface area contributed by atoms with Gasteiger partial charge in [-0.05, 0) is 25.0 Å². The van der Waals surface area contributed by atoms with E-state index in [-0.39, 0.29) is 5.78 Å². The van der Waals surface area contributed by atoms with E-state index in [9.17, 15) is 4.79 Å². The third kappa shape index (κ3) is 2.65. The summed E-state index contributed by atoms with van der Waals surface area (Å²) in [5.41, 5.74) is 1.99. The van der Waals surface area contributed by atoms with E-state index >= 15 is 0 Å². The maximum atomic E-state index is 12.6. The highest BCUT2D eigenvalue weighted by Gasteiger charge is 2.20. The molecule has 0 radical (unpaired) electrons. The molecule has 0 saturated carbocycles. The van der Waals surface area contributed by atoms with Gasteiger partial charge in [0.25, 0.3) is 0 Å². The predicted molar refractivity (Wildman–Crippen MR) is 71.5 cm³/mol. The van der Waals surface area contributed by atoms with Crippen molar-refractivity contribution < 1.29 is 9.53 Å². The van der Waals surface area contributed by atoms with Crippen molar-refractivity contribution in [2.75, 3.05) is 7.11 Å². The van der Waals surface area contributed by atoms with Gasteiger partial charge in [0.1, 0.15) is 0 Å². The third-order valence-electron chi connectivity index (χ3n) is 2.81. The number of aryl methyl sites for hydroxylation is 2. The number of carbonyl (C=O) groups excluding carboxylic acids is 1. The number of hydrogen-bond acceptors (Lipinski definition) is 4. The largest absolute Gasteiger partial charge is 0.493 e. The van der Waals surface area contributed by atoms with Gasteiger partial charge in [-0.3, -0.25) is 14.5 Å². The first-order valence-electron chi connectivity index (χ1n) is 6.23. The van der Waals surface area contributed by atoms with E-state index in [2.05, 4.69) is 10.1 Å². The van der Waals surface area contributed by atoms with Gasteiger partial charge in [0.15, 0.2) is 11.4 Å². The zero-order chi connectivity index (χ0) is 13.8. The normalized spacial score (nSPS) is 10.5. The number of rotatable bonds is 5. The summed E-state index contributed by atoms with van der Waals surface area (Å²) in [6, 6.07) is 1.82. The van der Waals surface area contributed by atoms with Gasteiger partial charge in [-0.2, -0.15) is 5.10 Å². The number of ether oxygens (including phenoxy) is 1. The van der Waals surface area contributed by atoms with Crippen LogP contribution in [-0.4, -0.2) is 27.7 Å². The molecule has 0 amide bonds. The molecule has 5 heteroatoms. The molecule has 0 atom stereocenters. The zero-order valence-electron chi connectivity index (χ0n) is 11.4. The van der Waals surface area contributed by atoms with Crippen LogP contribution < -0.4 is 4.74 Å². The molecule has 0 bridgehead atoms. The van der Waals surface area contributed by atoms with Crippen molar-refractivity contribution in [2.45, 2.75) is 26.8 Å². The van der Waals surface area contributed by atoms with E-state index in [1.54, 1.807) is 30.4 Å². The van der Waals surface area contributed by atoms with Gasteiger partial charge in [-0.25, -0.2) is 0 Å². The fourth-order valence-electron chi connectivity index (χ4n) is 1.94. The summed E-state index contributed by atoms with van der Waals surface area (Å²) in [5, 5.41) is 4.20. The number of pyridine rings is 1. The van der Waals surface area contributed by atoms with Crippen LogP contribution in [0.1, 0.15) is 35.0 Å². The minimum Gasteiger partial charge on any atom is -0.493 e. The molecule has 0 aromatic carbocycles. The Bertz CT molecular complexity index is 590. The highest BCUT2D eigenvalue weighted by atomic mass is 16.5. The second-order valence-electron chi connectivity index (χ2n) is 4.36. The number of ketones is 1. The second kappa shape index (κ2) is 5.65. The summed E-state index contributed by atoms with van der Waals surface area (Å²) in [7, 11) is 1.54. The van der Waals surface area contributed by atoms with Gasteiger partial charge in [-0.1, -0.05) is 6.92 Å². The Morgan fingerprint density at radius 1 is 1.37 bits per heavy atom. The average Bonchev–Trinajstić information content (AvgIpc) is 2.81. The first kappa shape index (κ1) is 13.3. The van der Waals surface area contributed by atoms with Crippen LogP contribution in [0.5, 0.6) is 5.75 Å². The van der Waals surface area contributed by atoms with Gasteiger partial charge in [0, 0.05) is 24.5 Å². The summed E-state index contributed by atoms with van der Waals surface area (Å²) in [6.07, 6.45) is 5.76. The average molecular weight is 259 g/mol. The number of nitrogens with zero attached hydrogens (tertiary/aromatic N) is 3.